The number of ether oxygens (including phenoxy) is 1. The van der Waals surface area contributed by atoms with Crippen LogP contribution in [0.25, 0.3) is 11.2 Å². The topological polar surface area (TPSA) is 320 Å². The molecule has 25 heteroatoms. The Morgan fingerprint density at radius 1 is 1.07 bits per heavy atom. The maximum absolute atomic E-state index is 12.1. The molecule has 0 saturated carbocycles. The van der Waals surface area contributed by atoms with Crippen molar-refractivity contribution >= 4 is 74.9 Å². The number of hydrogen-bond donors (Lipinski definition) is 9. The van der Waals surface area contributed by atoms with Gasteiger partial charge in [-0.1, -0.05) is 22.6 Å². The Bertz CT molecular complexity index is 1380. The number of aliphatic hydroxyl groups is 2. The minimum absolute atomic E-state index is 0.00412. The average molecular weight is 761 g/mol. The zero-order valence-corrected chi connectivity index (χ0v) is 25.5. The summed E-state index contributed by atoms with van der Waals surface area (Å²) in [6, 6.07) is 0. The van der Waals surface area contributed by atoms with E-state index >= 15 is 0 Å². The lowest BCUT2D eigenvalue weighted by molar-refractivity contribution is -0.118. The third-order valence-corrected chi connectivity index (χ3v) is 9.74. The summed E-state index contributed by atoms with van der Waals surface area (Å²) in [6.45, 7) is -0.211. The highest BCUT2D eigenvalue weighted by Gasteiger charge is 2.47. The highest BCUT2D eigenvalue weighted by atomic mass is 127. The fourth-order valence-electron chi connectivity index (χ4n) is 3.57. The number of aromatic nitrogens is 4. The first kappa shape index (κ1) is 34.1. The van der Waals surface area contributed by atoms with E-state index in [0.717, 1.165) is 6.33 Å². The van der Waals surface area contributed by atoms with Crippen LogP contribution >= 0.6 is 46.1 Å². The Balaban J connectivity index is 1.72. The van der Waals surface area contributed by atoms with Gasteiger partial charge in [-0.25, -0.2) is 28.6 Å². The molecule has 1 aliphatic heterocycles. The minimum atomic E-state index is -5.76. The van der Waals surface area contributed by atoms with Crippen molar-refractivity contribution in [3.8, 4) is 0 Å². The van der Waals surface area contributed by atoms with Gasteiger partial charge < -0.3 is 50.9 Å². The molecular weight excluding hydrogens is 734 g/mol. The van der Waals surface area contributed by atoms with Crippen molar-refractivity contribution in [2.24, 2.45) is 0 Å². The number of unbranched alkanes of at least 4 members (excludes halogenated alkanes) is 1. The van der Waals surface area contributed by atoms with Gasteiger partial charge in [0.2, 0.25) is 11.9 Å². The molecule has 2 unspecified atom stereocenters. The number of carbonyl (C=O) groups excluding carboxylic acids is 1. The number of phosphoric acid groups is 3. The number of halogens is 1. The monoisotopic (exact) mass is 761 g/mol. The van der Waals surface area contributed by atoms with Crippen LogP contribution in [0, 0.1) is 0 Å². The molecule has 0 radical (unpaired) electrons. The number of phosphoric ester groups is 1. The summed E-state index contributed by atoms with van der Waals surface area (Å²) in [5, 5.41) is 27.0. The number of nitrogens with zero attached hydrogens (tertiary/aromatic N) is 4. The number of aliphatic hydroxyl groups excluding tert-OH is 2. The van der Waals surface area contributed by atoms with E-state index in [-0.39, 0.29) is 28.8 Å². The second-order valence-electron chi connectivity index (χ2n) is 8.29. The van der Waals surface area contributed by atoms with E-state index < -0.39 is 54.6 Å². The lowest BCUT2D eigenvalue weighted by atomic mass is 10.1. The van der Waals surface area contributed by atoms with Gasteiger partial charge in [-0.05, 0) is 12.8 Å². The number of imidazole rings is 1. The SMILES string of the molecule is Nc1ncnc2c1nc(NCCCCNC(=O)CI)n2[C@@H]1O[C@H](COP(=O)(O)OP(=O)(O)OP(=O)(O)O)[C@@H](O)[C@H]1O. The summed E-state index contributed by atoms with van der Waals surface area (Å²) < 4.78 is 53.4. The molecule has 232 valence electrons. The molecular formula is C16H27IN7O14P3. The van der Waals surface area contributed by atoms with Gasteiger partial charge in [-0.15, -0.1) is 0 Å². The lowest BCUT2D eigenvalue weighted by Crippen LogP contribution is -2.33. The Morgan fingerprint density at radius 2 is 1.76 bits per heavy atom. The zero-order chi connectivity index (χ0) is 30.6. The van der Waals surface area contributed by atoms with Gasteiger partial charge in [0, 0.05) is 13.1 Å². The molecule has 21 nitrogen and oxygen atoms in total. The molecule has 1 saturated heterocycles. The van der Waals surface area contributed by atoms with Crippen LogP contribution in [-0.2, 0) is 36.4 Å². The van der Waals surface area contributed by atoms with Gasteiger partial charge in [-0.2, -0.15) is 8.62 Å². The van der Waals surface area contributed by atoms with E-state index in [2.05, 4.69) is 38.7 Å². The summed E-state index contributed by atoms with van der Waals surface area (Å²) in [5.41, 5.74) is 6.13. The van der Waals surface area contributed by atoms with Gasteiger partial charge in [-0.3, -0.25) is 13.9 Å². The number of nitrogens with one attached hydrogen (secondary N) is 2. The molecule has 10 N–H and O–H groups in total. The van der Waals surface area contributed by atoms with E-state index in [1.54, 1.807) is 0 Å². The molecule has 0 aliphatic carbocycles. The number of anilines is 2. The zero-order valence-electron chi connectivity index (χ0n) is 20.7. The molecule has 0 spiro atoms. The quantitative estimate of drug-likeness (QED) is 0.0460. The molecule has 6 atom stereocenters. The fraction of sp³-hybridized carbons (Fsp3) is 0.625. The van der Waals surface area contributed by atoms with E-state index in [9.17, 15) is 38.5 Å². The van der Waals surface area contributed by atoms with Crippen molar-refractivity contribution < 1.29 is 66.2 Å². The Morgan fingerprint density at radius 3 is 2.41 bits per heavy atom. The maximum atomic E-state index is 12.1. The van der Waals surface area contributed by atoms with Crippen LogP contribution in [0.3, 0.4) is 0 Å². The van der Waals surface area contributed by atoms with Crippen LogP contribution in [0.4, 0.5) is 11.8 Å². The second kappa shape index (κ2) is 14.0. The van der Waals surface area contributed by atoms with Crippen molar-refractivity contribution in [1.82, 2.24) is 24.8 Å². The van der Waals surface area contributed by atoms with Crippen molar-refractivity contribution in [3.63, 3.8) is 0 Å². The molecule has 0 aromatic carbocycles. The number of nitrogen functional groups attached to an aromatic ring is 1. The maximum Gasteiger partial charge on any atom is 0.490 e. The number of carbonyl (C=O) groups is 1. The van der Waals surface area contributed by atoms with Gasteiger partial charge >= 0.3 is 23.5 Å². The molecule has 3 heterocycles. The first-order chi connectivity index (χ1) is 19.0. The number of rotatable bonds is 15. The predicted octanol–water partition coefficient (Wildman–Crippen LogP) is -0.886. The summed E-state index contributed by atoms with van der Waals surface area (Å²) in [5.74, 6) is 0.00617. The highest BCUT2D eigenvalue weighted by Crippen LogP contribution is 2.66. The van der Waals surface area contributed by atoms with Crippen LogP contribution in [0.1, 0.15) is 19.1 Å². The van der Waals surface area contributed by atoms with Gasteiger partial charge in [0.25, 0.3) is 0 Å². The molecule has 2 aromatic heterocycles. The molecule has 3 rings (SSSR count). The van der Waals surface area contributed by atoms with E-state index in [4.69, 9.17) is 20.3 Å². The summed E-state index contributed by atoms with van der Waals surface area (Å²) in [4.78, 5) is 59.9. The normalized spacial score (nSPS) is 24.2. The van der Waals surface area contributed by atoms with Gasteiger partial charge in [0.1, 0.15) is 24.6 Å². The number of fused-ring (bicyclic) bond motifs is 1. The van der Waals surface area contributed by atoms with Crippen molar-refractivity contribution in [3.05, 3.63) is 6.33 Å². The molecule has 0 bridgehead atoms. The van der Waals surface area contributed by atoms with Crippen LogP contribution in [0.15, 0.2) is 6.33 Å². The van der Waals surface area contributed by atoms with Crippen molar-refractivity contribution in [2.75, 3.05) is 35.2 Å². The smallest absolute Gasteiger partial charge is 0.387 e. The number of amides is 1. The van der Waals surface area contributed by atoms with Gasteiger partial charge in [0.15, 0.2) is 23.2 Å². The lowest BCUT2D eigenvalue weighted by Gasteiger charge is -2.20. The summed E-state index contributed by atoms with van der Waals surface area (Å²) in [7, 11) is -16.9. The summed E-state index contributed by atoms with van der Waals surface area (Å²) in [6.07, 6.45) is -4.05. The molecule has 41 heavy (non-hydrogen) atoms. The van der Waals surface area contributed by atoms with E-state index in [1.165, 1.54) is 4.57 Å². The Hall–Kier alpha value is -1.36. The number of alkyl halides is 1. The average Bonchev–Trinajstić information content (AvgIpc) is 3.35. The van der Waals surface area contributed by atoms with Crippen LogP contribution in [0.2, 0.25) is 0 Å². The fourth-order valence-corrected chi connectivity index (χ4v) is 6.87. The standard InChI is InChI=1S/C16H27IN7O14P3/c17-5-9(25)19-3-1-2-4-20-16-23-10-13(18)21-7-22-14(10)24(16)15-12(27)11(26)8(36-15)6-35-40(31,32)38-41(33,34)37-39(28,29)30/h7-8,11-12,15,26-27H,1-6H2,(H,19,25)(H,20,23)(H,31,32)(H,33,34)(H2,18,21,22)(H2,28,29,30)/t8-,11-,12-,15-/m1/s1. The molecule has 2 aromatic rings. The van der Waals surface area contributed by atoms with E-state index in [1.807, 2.05) is 22.6 Å². The van der Waals surface area contributed by atoms with Crippen LogP contribution in [0.5, 0.6) is 0 Å². The molecule has 1 fully saturated rings. The van der Waals surface area contributed by atoms with E-state index in [0.29, 0.717) is 30.4 Å². The van der Waals surface area contributed by atoms with Crippen LogP contribution in [-0.4, -0.2) is 97.6 Å². The minimum Gasteiger partial charge on any atom is -0.387 e. The molecule has 1 aliphatic rings. The van der Waals surface area contributed by atoms with Gasteiger partial charge in [0.05, 0.1) is 11.0 Å². The van der Waals surface area contributed by atoms with Crippen molar-refractivity contribution in [1.29, 1.82) is 0 Å². The highest BCUT2D eigenvalue weighted by molar-refractivity contribution is 14.1. The number of nitrogens with two attached hydrogens (primary N) is 1. The third-order valence-electron chi connectivity index (χ3n) is 5.25. The Labute approximate surface area is 244 Å². The summed E-state index contributed by atoms with van der Waals surface area (Å²) >= 11 is 1.94. The second-order valence-corrected chi connectivity index (χ2v) is 13.5. The molecule has 1 amide bonds. The Kier molecular flexibility index (Phi) is 11.6. The largest absolute Gasteiger partial charge is 0.490 e. The number of hydrogen-bond acceptors (Lipinski definition) is 15. The van der Waals surface area contributed by atoms with Crippen LogP contribution < -0.4 is 16.4 Å². The first-order valence-electron chi connectivity index (χ1n) is 11.4. The third kappa shape index (κ3) is 9.57. The van der Waals surface area contributed by atoms with Crippen molar-refractivity contribution in [2.45, 2.75) is 37.4 Å². The predicted molar refractivity (Wildman–Crippen MR) is 145 cm³/mol. The first-order valence-corrected chi connectivity index (χ1v) is 17.4.